The zero-order valence-corrected chi connectivity index (χ0v) is 21.7. The molecule has 210 valence electrons. The third-order valence-electron chi connectivity index (χ3n) is 7.60. The number of ether oxygens (including phenoxy) is 1. The summed E-state index contributed by atoms with van der Waals surface area (Å²) in [6, 6.07) is 9.61. The summed E-state index contributed by atoms with van der Waals surface area (Å²) in [5, 5.41) is 14.5. The number of aryl methyl sites for hydroxylation is 1. The number of rotatable bonds is 6. The molecule has 5 rings (SSSR count). The number of hydrogen-bond acceptors (Lipinski definition) is 6. The van der Waals surface area contributed by atoms with E-state index in [1.54, 1.807) is 18.2 Å². The first-order valence-electron chi connectivity index (χ1n) is 12.8. The summed E-state index contributed by atoms with van der Waals surface area (Å²) in [4.78, 5) is 66.7. The number of hydrogen-bond donors (Lipinski definition) is 3. The van der Waals surface area contributed by atoms with Crippen molar-refractivity contribution in [3.8, 4) is 0 Å². The van der Waals surface area contributed by atoms with Gasteiger partial charge in [-0.1, -0.05) is 18.2 Å². The van der Waals surface area contributed by atoms with Crippen LogP contribution in [0.5, 0.6) is 0 Å². The smallest absolute Gasteiger partial charge is 0.418 e. The molecule has 1 aliphatic carbocycles. The number of likely N-dealkylation sites (tertiary alicyclic amines) is 1. The lowest BCUT2D eigenvalue weighted by Gasteiger charge is -2.30. The lowest BCUT2D eigenvalue weighted by molar-refractivity contribution is -0.143. The van der Waals surface area contributed by atoms with Crippen LogP contribution < -0.4 is 10.6 Å². The molecule has 3 N–H and O–H groups in total. The molecule has 0 radical (unpaired) electrons. The molecule has 0 bridgehead atoms. The first kappa shape index (κ1) is 26.9. The van der Waals surface area contributed by atoms with E-state index < -0.39 is 54.0 Å². The number of nitrogens with zero attached hydrogens (tertiary/aromatic N) is 3. The van der Waals surface area contributed by atoms with Crippen LogP contribution in [0.25, 0.3) is 0 Å². The minimum absolute atomic E-state index is 0.0450. The fourth-order valence-corrected chi connectivity index (χ4v) is 5.53. The predicted octanol–water partition coefficient (Wildman–Crippen LogP) is 2.48. The molecule has 3 aliphatic rings. The maximum Gasteiger partial charge on any atom is 0.418 e. The largest absolute Gasteiger partial charge is 0.465 e. The van der Waals surface area contributed by atoms with E-state index in [1.807, 2.05) is 0 Å². The van der Waals surface area contributed by atoms with E-state index in [4.69, 9.17) is 4.74 Å². The molecule has 6 amide bonds. The van der Waals surface area contributed by atoms with Crippen molar-refractivity contribution in [3.05, 3.63) is 65.0 Å². The number of imide groups is 1. The van der Waals surface area contributed by atoms with Crippen molar-refractivity contribution in [2.75, 3.05) is 32.0 Å². The maximum absolute atomic E-state index is 13.6. The number of nitrogens with one attached hydrogen (secondary N) is 2. The van der Waals surface area contributed by atoms with Gasteiger partial charge in [-0.2, -0.15) is 0 Å². The van der Waals surface area contributed by atoms with E-state index in [0.29, 0.717) is 29.7 Å². The number of carboxylic acid groups (broad SMARTS) is 1. The highest BCUT2D eigenvalue weighted by atomic mass is 19.1. The van der Waals surface area contributed by atoms with E-state index >= 15 is 0 Å². The van der Waals surface area contributed by atoms with Gasteiger partial charge in [0.05, 0.1) is 6.04 Å². The molecule has 0 aromatic heterocycles. The van der Waals surface area contributed by atoms with Crippen molar-refractivity contribution >= 4 is 35.7 Å². The number of fused-ring (bicyclic) bond motifs is 2. The number of carbonyl (C=O) groups excluding carboxylic acids is 4. The van der Waals surface area contributed by atoms with Crippen molar-refractivity contribution in [2.24, 2.45) is 0 Å². The standard InChI is InChI=1S/C27H28FN5O7/c1-29-24(36)30-19-6-7-21-17(12-19)8-10-27(21)23(35)33(26(39)40-27)15-22(34)32(13-16-2-4-18(28)5-3-16)20-9-11-31(14-20)25(37)38/h2-7,12,20H,8-11,13-15H2,1H3,(H,37,38)(H2,29,30,36)/t20-,27-/m1/s1. The number of amides is 6. The van der Waals surface area contributed by atoms with Crippen molar-refractivity contribution in [1.29, 1.82) is 0 Å². The number of urea groups is 1. The zero-order valence-electron chi connectivity index (χ0n) is 21.7. The molecule has 2 aliphatic heterocycles. The van der Waals surface area contributed by atoms with Crippen LogP contribution in [0, 0.1) is 5.82 Å². The Morgan fingerprint density at radius 3 is 2.60 bits per heavy atom. The first-order valence-corrected chi connectivity index (χ1v) is 12.8. The Kier molecular flexibility index (Phi) is 7.04. The Balaban J connectivity index is 1.36. The summed E-state index contributed by atoms with van der Waals surface area (Å²) in [6.07, 6.45) is -1.06. The SMILES string of the molecule is CNC(=O)Nc1ccc2c(c1)CC[C@@]21OC(=O)N(CC(=O)N(Cc2ccc(F)cc2)[C@@H]2CCN(C(=O)O)C2)C1=O. The molecular formula is C27H28FN5O7. The molecule has 40 heavy (non-hydrogen) atoms. The first-order chi connectivity index (χ1) is 19.1. The quantitative estimate of drug-likeness (QED) is 0.498. The van der Waals surface area contributed by atoms with Gasteiger partial charge in [-0.25, -0.2) is 23.7 Å². The summed E-state index contributed by atoms with van der Waals surface area (Å²) < 4.78 is 19.1. The van der Waals surface area contributed by atoms with E-state index in [2.05, 4.69) is 10.6 Å². The monoisotopic (exact) mass is 553 g/mol. The molecule has 0 unspecified atom stereocenters. The van der Waals surface area contributed by atoms with Gasteiger partial charge >= 0.3 is 18.2 Å². The Labute approximate surface area is 228 Å². The fraction of sp³-hybridized carbons (Fsp3) is 0.370. The molecule has 1 spiro atoms. The van der Waals surface area contributed by atoms with Crippen LogP contribution in [-0.4, -0.2) is 82.6 Å². The molecule has 13 heteroatoms. The van der Waals surface area contributed by atoms with Crippen LogP contribution in [0.1, 0.15) is 29.5 Å². The molecule has 12 nitrogen and oxygen atoms in total. The Hall–Kier alpha value is -4.68. The van der Waals surface area contributed by atoms with Crippen LogP contribution in [-0.2, 0) is 32.9 Å². The van der Waals surface area contributed by atoms with E-state index in [0.717, 1.165) is 10.5 Å². The highest BCUT2D eigenvalue weighted by Crippen LogP contribution is 2.46. The normalized spacial score (nSPS) is 21.4. The second-order valence-electron chi connectivity index (χ2n) is 9.98. The van der Waals surface area contributed by atoms with Gasteiger partial charge in [0.15, 0.2) is 0 Å². The van der Waals surface area contributed by atoms with Gasteiger partial charge in [0, 0.05) is 44.4 Å². The molecule has 2 heterocycles. The molecular weight excluding hydrogens is 525 g/mol. The van der Waals surface area contributed by atoms with Crippen LogP contribution in [0.3, 0.4) is 0 Å². The van der Waals surface area contributed by atoms with Crippen molar-refractivity contribution in [1.82, 2.24) is 20.0 Å². The van der Waals surface area contributed by atoms with Gasteiger partial charge in [-0.05, 0) is 48.2 Å². The summed E-state index contributed by atoms with van der Waals surface area (Å²) in [5.74, 6) is -1.66. The van der Waals surface area contributed by atoms with Crippen molar-refractivity contribution in [3.63, 3.8) is 0 Å². The molecule has 2 atom stereocenters. The molecule has 2 aromatic rings. The summed E-state index contributed by atoms with van der Waals surface area (Å²) >= 11 is 0. The minimum Gasteiger partial charge on any atom is -0.465 e. The highest BCUT2D eigenvalue weighted by Gasteiger charge is 2.58. The Bertz CT molecular complexity index is 1380. The van der Waals surface area contributed by atoms with Crippen LogP contribution in [0.4, 0.5) is 24.5 Å². The Morgan fingerprint density at radius 2 is 1.93 bits per heavy atom. The predicted molar refractivity (Wildman–Crippen MR) is 138 cm³/mol. The number of carbonyl (C=O) groups is 5. The number of halogens is 1. The summed E-state index contributed by atoms with van der Waals surface area (Å²) in [7, 11) is 1.49. The zero-order chi connectivity index (χ0) is 28.6. The average molecular weight is 554 g/mol. The van der Waals surface area contributed by atoms with Crippen molar-refractivity contribution < 1.29 is 38.2 Å². The van der Waals surface area contributed by atoms with Gasteiger partial charge in [-0.3, -0.25) is 9.59 Å². The lowest BCUT2D eigenvalue weighted by Crippen LogP contribution is -2.48. The molecule has 2 fully saturated rings. The van der Waals surface area contributed by atoms with Gasteiger partial charge in [-0.15, -0.1) is 0 Å². The summed E-state index contributed by atoms with van der Waals surface area (Å²) in [6.45, 7) is -0.238. The second-order valence-corrected chi connectivity index (χ2v) is 9.98. The highest BCUT2D eigenvalue weighted by molar-refractivity contribution is 6.06. The average Bonchev–Trinajstić information content (AvgIpc) is 3.62. The number of benzene rings is 2. The van der Waals surface area contributed by atoms with E-state index in [9.17, 15) is 33.5 Å². The maximum atomic E-state index is 13.6. The lowest BCUT2D eigenvalue weighted by atomic mass is 9.94. The van der Waals surface area contributed by atoms with Gasteiger partial charge in [0.25, 0.3) is 5.91 Å². The Morgan fingerprint density at radius 1 is 1.18 bits per heavy atom. The van der Waals surface area contributed by atoms with Crippen molar-refractivity contribution in [2.45, 2.75) is 37.5 Å². The number of anilines is 1. The van der Waals surface area contributed by atoms with Gasteiger partial charge in [0.1, 0.15) is 12.4 Å². The molecule has 2 saturated heterocycles. The topological polar surface area (TPSA) is 149 Å². The third kappa shape index (κ3) is 4.90. The third-order valence-corrected chi connectivity index (χ3v) is 7.60. The second kappa shape index (κ2) is 10.5. The fourth-order valence-electron chi connectivity index (χ4n) is 5.53. The van der Waals surface area contributed by atoms with Crippen LogP contribution in [0.2, 0.25) is 0 Å². The van der Waals surface area contributed by atoms with Gasteiger partial charge < -0.3 is 30.3 Å². The van der Waals surface area contributed by atoms with Crippen LogP contribution in [0.15, 0.2) is 42.5 Å². The van der Waals surface area contributed by atoms with E-state index in [1.165, 1.54) is 41.1 Å². The van der Waals surface area contributed by atoms with E-state index in [-0.39, 0.29) is 26.1 Å². The molecule has 2 aromatic carbocycles. The van der Waals surface area contributed by atoms with Crippen LogP contribution >= 0.6 is 0 Å². The summed E-state index contributed by atoms with van der Waals surface area (Å²) in [5.41, 5.74) is 0.803. The molecule has 0 saturated carbocycles. The minimum atomic E-state index is -1.56. The van der Waals surface area contributed by atoms with Gasteiger partial charge in [0.2, 0.25) is 11.5 Å².